The SMILES string of the molecule is CCN(SSCCNC(=O)c1ccccc1O)C(=O)O. The summed E-state index contributed by atoms with van der Waals surface area (Å²) in [4.78, 5) is 22.5. The highest BCUT2D eigenvalue weighted by Gasteiger charge is 2.11. The number of carbonyl (C=O) groups is 2. The molecule has 0 radical (unpaired) electrons. The minimum Gasteiger partial charge on any atom is -0.507 e. The van der Waals surface area contributed by atoms with E-state index in [2.05, 4.69) is 5.32 Å². The second kappa shape index (κ2) is 8.60. The lowest BCUT2D eigenvalue weighted by Crippen LogP contribution is -2.26. The fourth-order valence-corrected chi connectivity index (χ4v) is 3.21. The van der Waals surface area contributed by atoms with E-state index in [1.165, 1.54) is 27.2 Å². The first-order chi connectivity index (χ1) is 9.56. The maximum atomic E-state index is 11.7. The Kier molecular flexibility index (Phi) is 7.10. The van der Waals surface area contributed by atoms with E-state index in [9.17, 15) is 14.7 Å². The molecule has 0 aliphatic heterocycles. The van der Waals surface area contributed by atoms with E-state index < -0.39 is 6.09 Å². The van der Waals surface area contributed by atoms with E-state index in [4.69, 9.17) is 5.11 Å². The van der Waals surface area contributed by atoms with Crippen molar-refractivity contribution in [2.45, 2.75) is 6.92 Å². The van der Waals surface area contributed by atoms with Crippen molar-refractivity contribution in [3.63, 3.8) is 0 Å². The summed E-state index contributed by atoms with van der Waals surface area (Å²) in [5.41, 5.74) is 0.228. The number of aromatic hydroxyl groups is 1. The zero-order valence-corrected chi connectivity index (χ0v) is 12.5. The van der Waals surface area contributed by atoms with E-state index in [1.54, 1.807) is 19.1 Å². The molecular formula is C12H16N2O4S2. The number of rotatable bonds is 7. The molecule has 8 heteroatoms. The molecule has 1 aromatic rings. The van der Waals surface area contributed by atoms with Crippen LogP contribution in [0.15, 0.2) is 24.3 Å². The van der Waals surface area contributed by atoms with E-state index in [1.807, 2.05) is 0 Å². The molecule has 2 amide bonds. The number of benzene rings is 1. The van der Waals surface area contributed by atoms with Gasteiger partial charge in [0.25, 0.3) is 5.91 Å². The molecular weight excluding hydrogens is 300 g/mol. The summed E-state index contributed by atoms with van der Waals surface area (Å²) in [5.74, 6) is 0.155. The molecule has 0 aliphatic rings. The van der Waals surface area contributed by atoms with Crippen molar-refractivity contribution >= 4 is 33.8 Å². The summed E-state index contributed by atoms with van der Waals surface area (Å²) < 4.78 is 1.20. The minimum absolute atomic E-state index is 0.0601. The van der Waals surface area contributed by atoms with Gasteiger partial charge in [0.2, 0.25) is 0 Å². The van der Waals surface area contributed by atoms with Crippen LogP contribution in [-0.2, 0) is 0 Å². The zero-order chi connectivity index (χ0) is 15.0. The Balaban J connectivity index is 2.26. The van der Waals surface area contributed by atoms with Gasteiger partial charge in [-0.15, -0.1) is 0 Å². The molecule has 0 aromatic heterocycles. The van der Waals surface area contributed by atoms with E-state index in [0.29, 0.717) is 18.8 Å². The number of hydrogen-bond acceptors (Lipinski definition) is 5. The topological polar surface area (TPSA) is 89.9 Å². The summed E-state index contributed by atoms with van der Waals surface area (Å²) in [7, 11) is 2.47. The Morgan fingerprint density at radius 3 is 2.65 bits per heavy atom. The van der Waals surface area contributed by atoms with Gasteiger partial charge in [-0.2, -0.15) is 0 Å². The fraction of sp³-hybridized carbons (Fsp3) is 0.333. The number of carbonyl (C=O) groups excluding carboxylic acids is 1. The molecule has 0 aliphatic carbocycles. The summed E-state index contributed by atoms with van der Waals surface area (Å²) in [5, 5.41) is 21.0. The smallest absolute Gasteiger partial charge is 0.418 e. The Morgan fingerprint density at radius 2 is 2.05 bits per heavy atom. The van der Waals surface area contributed by atoms with Crippen LogP contribution in [0.3, 0.4) is 0 Å². The molecule has 110 valence electrons. The highest BCUT2D eigenvalue weighted by Crippen LogP contribution is 2.25. The largest absolute Gasteiger partial charge is 0.507 e. The van der Waals surface area contributed by atoms with Crippen molar-refractivity contribution in [2.75, 3.05) is 18.8 Å². The maximum absolute atomic E-state index is 11.7. The van der Waals surface area contributed by atoms with Gasteiger partial charge in [-0.1, -0.05) is 22.9 Å². The Morgan fingerprint density at radius 1 is 1.35 bits per heavy atom. The Bertz CT molecular complexity index is 471. The zero-order valence-electron chi connectivity index (χ0n) is 10.9. The van der Waals surface area contributed by atoms with Crippen LogP contribution in [-0.4, -0.2) is 45.4 Å². The predicted octanol–water partition coefficient (Wildman–Crippen LogP) is 2.42. The number of hydrogen-bond donors (Lipinski definition) is 3. The average Bonchev–Trinajstić information content (AvgIpc) is 2.42. The monoisotopic (exact) mass is 316 g/mol. The van der Waals surface area contributed by atoms with Gasteiger partial charge < -0.3 is 15.5 Å². The standard InChI is InChI=1S/C12H16N2O4S2/c1-2-14(12(17)18)20-19-8-7-13-11(16)9-5-3-4-6-10(9)15/h3-6,15H,2,7-8H2,1H3,(H,13,16)(H,17,18). The van der Waals surface area contributed by atoms with Crippen LogP contribution in [0, 0.1) is 0 Å². The third kappa shape index (κ3) is 5.22. The molecule has 20 heavy (non-hydrogen) atoms. The number of nitrogens with zero attached hydrogens (tertiary/aromatic N) is 1. The van der Waals surface area contributed by atoms with Gasteiger partial charge in [-0.3, -0.25) is 4.79 Å². The molecule has 3 N–H and O–H groups in total. The van der Waals surface area contributed by atoms with Gasteiger partial charge in [0.05, 0.1) is 5.56 Å². The lowest BCUT2D eigenvalue weighted by atomic mass is 10.2. The summed E-state index contributed by atoms with van der Waals surface area (Å²) >= 11 is 0. The maximum Gasteiger partial charge on any atom is 0.418 e. The molecule has 6 nitrogen and oxygen atoms in total. The molecule has 0 unspecified atom stereocenters. The molecule has 1 aromatic carbocycles. The van der Waals surface area contributed by atoms with Crippen LogP contribution in [0.4, 0.5) is 4.79 Å². The fourth-order valence-electron chi connectivity index (χ4n) is 1.29. The van der Waals surface area contributed by atoms with Crippen LogP contribution < -0.4 is 5.32 Å². The van der Waals surface area contributed by atoms with Crippen LogP contribution in [0.2, 0.25) is 0 Å². The third-order valence-electron chi connectivity index (χ3n) is 2.26. The molecule has 0 fully saturated rings. The molecule has 0 saturated heterocycles. The Hall–Kier alpha value is -1.54. The van der Waals surface area contributed by atoms with Gasteiger partial charge in [0, 0.05) is 29.8 Å². The normalized spacial score (nSPS) is 10.1. The molecule has 0 atom stereocenters. The third-order valence-corrected chi connectivity index (χ3v) is 4.69. The highest BCUT2D eigenvalue weighted by atomic mass is 33.1. The van der Waals surface area contributed by atoms with E-state index in [-0.39, 0.29) is 17.2 Å². The Labute approximate surface area is 125 Å². The molecule has 0 spiro atoms. The second-order valence-corrected chi connectivity index (χ2v) is 6.03. The molecule has 0 saturated carbocycles. The minimum atomic E-state index is -0.983. The number of nitrogens with one attached hydrogen (secondary N) is 1. The molecule has 0 bridgehead atoms. The highest BCUT2D eigenvalue weighted by molar-refractivity contribution is 8.75. The molecule has 1 rings (SSSR count). The first kappa shape index (κ1) is 16.5. The van der Waals surface area contributed by atoms with Crippen LogP contribution >= 0.6 is 21.8 Å². The van der Waals surface area contributed by atoms with Crippen LogP contribution in [0.5, 0.6) is 5.75 Å². The van der Waals surface area contributed by atoms with Crippen molar-refractivity contribution in [1.29, 1.82) is 0 Å². The van der Waals surface area contributed by atoms with E-state index >= 15 is 0 Å². The summed E-state index contributed by atoms with van der Waals surface area (Å²) in [6, 6.07) is 6.30. The van der Waals surface area contributed by atoms with Gasteiger partial charge in [0.1, 0.15) is 5.75 Å². The number of para-hydroxylation sites is 1. The second-order valence-electron chi connectivity index (χ2n) is 3.65. The lowest BCUT2D eigenvalue weighted by Gasteiger charge is -2.14. The van der Waals surface area contributed by atoms with Gasteiger partial charge >= 0.3 is 6.09 Å². The average molecular weight is 316 g/mol. The summed E-state index contributed by atoms with van der Waals surface area (Å²) in [6.45, 7) is 2.54. The number of carboxylic acid groups (broad SMARTS) is 1. The lowest BCUT2D eigenvalue weighted by molar-refractivity contribution is 0.0953. The van der Waals surface area contributed by atoms with Crippen molar-refractivity contribution < 1.29 is 19.8 Å². The van der Waals surface area contributed by atoms with Gasteiger partial charge in [0.15, 0.2) is 0 Å². The van der Waals surface area contributed by atoms with Gasteiger partial charge in [-0.25, -0.2) is 9.10 Å². The first-order valence-corrected chi connectivity index (χ1v) is 8.20. The van der Waals surface area contributed by atoms with Crippen LogP contribution in [0.25, 0.3) is 0 Å². The van der Waals surface area contributed by atoms with Crippen LogP contribution in [0.1, 0.15) is 17.3 Å². The van der Waals surface area contributed by atoms with Crippen molar-refractivity contribution in [3.05, 3.63) is 29.8 Å². The first-order valence-electron chi connectivity index (χ1n) is 5.92. The number of phenolic OH excluding ortho intramolecular Hbond substituents is 1. The summed E-state index contributed by atoms with van der Waals surface area (Å²) in [6.07, 6.45) is -0.983. The van der Waals surface area contributed by atoms with Crippen molar-refractivity contribution in [3.8, 4) is 5.75 Å². The van der Waals surface area contributed by atoms with Crippen molar-refractivity contribution in [1.82, 2.24) is 9.62 Å². The predicted molar refractivity (Wildman–Crippen MR) is 80.9 cm³/mol. The number of amides is 2. The molecule has 0 heterocycles. The van der Waals surface area contributed by atoms with E-state index in [0.717, 1.165) is 11.0 Å². The number of phenols is 1. The quantitative estimate of drug-likeness (QED) is 0.407. The van der Waals surface area contributed by atoms with Gasteiger partial charge in [-0.05, 0) is 19.1 Å². The van der Waals surface area contributed by atoms with Crippen molar-refractivity contribution in [2.24, 2.45) is 0 Å².